The summed E-state index contributed by atoms with van der Waals surface area (Å²) < 4.78 is 9.61. The van der Waals surface area contributed by atoms with Gasteiger partial charge in [0.25, 0.3) is 0 Å². The van der Waals surface area contributed by atoms with Gasteiger partial charge >= 0.3 is 11.9 Å². The third-order valence-corrected chi connectivity index (χ3v) is 11.2. The fourth-order valence-electron chi connectivity index (χ4n) is 2.78. The Kier molecular flexibility index (Phi) is 6.38. The number of hydrogen-bond donors (Lipinski definition) is 1. The molecule has 154 valence electrons. The first-order valence-corrected chi connectivity index (χ1v) is 15.3. The summed E-state index contributed by atoms with van der Waals surface area (Å²) in [5, 5.41) is 9.72. The predicted octanol–water partition coefficient (Wildman–Crippen LogP) is 6.59. The van der Waals surface area contributed by atoms with Crippen LogP contribution in [0, 0.1) is 0 Å². The molecule has 2 aromatic heterocycles. The molecule has 29 heavy (non-hydrogen) atoms. The van der Waals surface area contributed by atoms with Gasteiger partial charge in [0.1, 0.15) is 0 Å². The first-order valence-electron chi connectivity index (χ1n) is 9.33. The van der Waals surface area contributed by atoms with Crippen molar-refractivity contribution < 1.29 is 19.4 Å². The van der Waals surface area contributed by atoms with E-state index in [1.165, 1.54) is 10.6 Å². The maximum Gasteiger partial charge on any atom is 0.339 e. The minimum atomic E-state index is -1.39. The van der Waals surface area contributed by atoms with Crippen LogP contribution in [0.3, 0.4) is 0 Å². The minimum absolute atomic E-state index is 0.163. The van der Waals surface area contributed by atoms with Crippen molar-refractivity contribution in [3.63, 3.8) is 0 Å². The lowest BCUT2D eigenvalue weighted by Crippen LogP contribution is -2.34. The van der Waals surface area contributed by atoms with Crippen molar-refractivity contribution in [2.75, 3.05) is 0 Å². The van der Waals surface area contributed by atoms with E-state index in [-0.39, 0.29) is 11.7 Å². The van der Waals surface area contributed by atoms with Gasteiger partial charge in [0.2, 0.25) is 0 Å². The molecule has 0 spiro atoms. The Hall–Kier alpha value is -1.48. The van der Waals surface area contributed by atoms with Crippen LogP contribution in [0.15, 0.2) is 28.7 Å². The molecule has 4 nitrogen and oxygen atoms in total. The number of carboxylic acids is 1. The van der Waals surface area contributed by atoms with Crippen molar-refractivity contribution in [3.05, 3.63) is 39.9 Å². The Morgan fingerprint density at radius 3 is 2.31 bits per heavy atom. The van der Waals surface area contributed by atoms with Gasteiger partial charge in [0.15, 0.2) is 0 Å². The van der Waals surface area contributed by atoms with Crippen LogP contribution in [0.5, 0.6) is 0 Å². The van der Waals surface area contributed by atoms with Crippen LogP contribution in [-0.4, -0.2) is 31.2 Å². The Morgan fingerprint density at radius 1 is 1.10 bits per heavy atom. The summed E-state index contributed by atoms with van der Waals surface area (Å²) >= 11 is 6.69. The fraction of sp³-hybridized carbons (Fsp3) is 0.333. The van der Waals surface area contributed by atoms with E-state index in [1.54, 1.807) is 28.7 Å². The second kappa shape index (κ2) is 8.33. The molecule has 3 aromatic rings. The molecule has 1 atom stereocenters. The number of hydrogen-bond acceptors (Lipinski definition) is 5. The van der Waals surface area contributed by atoms with E-state index in [2.05, 4.69) is 41.6 Å². The number of carbonyl (C=O) groups is 2. The lowest BCUT2D eigenvalue weighted by molar-refractivity contribution is 0.0333. The number of thiophene rings is 2. The third kappa shape index (κ3) is 4.65. The largest absolute Gasteiger partial charge is 0.478 e. The Morgan fingerprint density at radius 2 is 1.76 bits per heavy atom. The molecule has 0 radical (unpaired) electrons. The van der Waals surface area contributed by atoms with Crippen LogP contribution < -0.4 is 4.50 Å². The topological polar surface area (TPSA) is 63.6 Å². The van der Waals surface area contributed by atoms with E-state index >= 15 is 0 Å². The molecule has 2 heterocycles. The Bertz CT molecular complexity index is 1060. The molecular formula is C21H23BrO4S2Si. The van der Waals surface area contributed by atoms with Crippen LogP contribution in [0.25, 0.3) is 19.8 Å². The molecule has 0 fully saturated rings. The van der Waals surface area contributed by atoms with Gasteiger partial charge in [0.05, 0.1) is 25.3 Å². The molecule has 8 heteroatoms. The number of aromatic carboxylic acids is 1. The number of rotatable bonds is 6. The molecule has 0 saturated carbocycles. The molecule has 0 saturated heterocycles. The Balaban J connectivity index is 2.10. The summed E-state index contributed by atoms with van der Waals surface area (Å²) in [6.07, 6.45) is 0.508. The summed E-state index contributed by atoms with van der Waals surface area (Å²) in [5.74, 6) is -1.48. The van der Waals surface area contributed by atoms with Crippen LogP contribution in [0.2, 0.25) is 19.6 Å². The molecule has 0 aliphatic rings. The molecule has 0 bridgehead atoms. The Labute approximate surface area is 187 Å². The lowest BCUT2D eigenvalue weighted by atomic mass is 10.0. The van der Waals surface area contributed by atoms with E-state index < -0.39 is 20.0 Å². The first-order chi connectivity index (χ1) is 13.5. The van der Waals surface area contributed by atoms with Gasteiger partial charge in [-0.2, -0.15) is 0 Å². The molecule has 1 unspecified atom stereocenters. The fourth-order valence-corrected chi connectivity index (χ4v) is 7.70. The van der Waals surface area contributed by atoms with Gasteiger partial charge in [-0.15, -0.1) is 22.7 Å². The number of fused-ring (bicyclic) bond motifs is 1. The van der Waals surface area contributed by atoms with Gasteiger partial charge < -0.3 is 9.84 Å². The van der Waals surface area contributed by atoms with Gasteiger partial charge in [-0.05, 0) is 58.0 Å². The molecule has 3 rings (SSSR count). The van der Waals surface area contributed by atoms with Crippen molar-refractivity contribution in [1.29, 1.82) is 0 Å². The summed E-state index contributed by atoms with van der Waals surface area (Å²) in [5.41, 5.74) is 1.04. The predicted molar refractivity (Wildman–Crippen MR) is 128 cm³/mol. The summed E-state index contributed by atoms with van der Waals surface area (Å²) in [6.45, 7) is 10.7. The maximum atomic E-state index is 12.6. The number of halogens is 1. The van der Waals surface area contributed by atoms with Crippen LogP contribution >= 0.6 is 38.6 Å². The minimum Gasteiger partial charge on any atom is -0.478 e. The standard InChI is InChI=1S/C21H23BrO4S2Si/c1-6-11(2)26-21(25)14-7-12(13(20(23)24)8-15(14)22)16-9-17-18(27-16)10-19(28-17)29(3,4)5/h7-11H,6H2,1-5H3,(H,23,24). The van der Waals surface area contributed by atoms with Crippen LogP contribution in [0.4, 0.5) is 0 Å². The number of esters is 1. The molecule has 0 aliphatic carbocycles. The zero-order chi connectivity index (χ0) is 21.5. The summed E-state index contributed by atoms with van der Waals surface area (Å²) in [7, 11) is -1.39. The number of benzene rings is 1. The summed E-state index contributed by atoms with van der Waals surface area (Å²) in [6, 6.07) is 7.39. The average molecular weight is 512 g/mol. The highest BCUT2D eigenvalue weighted by atomic mass is 79.9. The zero-order valence-electron chi connectivity index (χ0n) is 17.0. The quantitative estimate of drug-likeness (QED) is 0.300. The van der Waals surface area contributed by atoms with E-state index in [4.69, 9.17) is 4.74 Å². The van der Waals surface area contributed by atoms with Crippen LogP contribution in [-0.2, 0) is 4.74 Å². The van der Waals surface area contributed by atoms with Crippen molar-refractivity contribution in [2.24, 2.45) is 0 Å². The van der Waals surface area contributed by atoms with Crippen molar-refractivity contribution in [2.45, 2.75) is 46.0 Å². The second-order valence-corrected chi connectivity index (χ2v) is 16.4. The van der Waals surface area contributed by atoms with Crippen molar-refractivity contribution in [3.8, 4) is 10.4 Å². The number of carbonyl (C=O) groups excluding carboxylic acids is 1. The van der Waals surface area contributed by atoms with Gasteiger partial charge in [-0.1, -0.05) is 26.6 Å². The number of ether oxygens (including phenoxy) is 1. The lowest BCUT2D eigenvalue weighted by Gasteiger charge is -2.14. The first kappa shape index (κ1) is 22.2. The van der Waals surface area contributed by atoms with Crippen LogP contribution in [0.1, 0.15) is 41.0 Å². The highest BCUT2D eigenvalue weighted by molar-refractivity contribution is 9.10. The molecule has 0 amide bonds. The van der Waals surface area contributed by atoms with Gasteiger partial charge in [-0.3, -0.25) is 0 Å². The number of carboxylic acid groups (broad SMARTS) is 1. The zero-order valence-corrected chi connectivity index (χ0v) is 21.2. The highest BCUT2D eigenvalue weighted by Gasteiger charge is 2.24. The monoisotopic (exact) mass is 510 g/mol. The SMILES string of the molecule is CCC(C)OC(=O)c1cc(-c2cc3sc([Si](C)(C)C)cc3s2)c(C(=O)O)cc1Br. The van der Waals surface area contributed by atoms with Gasteiger partial charge in [-0.25, -0.2) is 9.59 Å². The third-order valence-electron chi connectivity index (χ3n) is 4.65. The van der Waals surface area contributed by atoms with E-state index in [9.17, 15) is 14.7 Å². The summed E-state index contributed by atoms with van der Waals surface area (Å²) in [4.78, 5) is 25.3. The van der Waals surface area contributed by atoms with Crippen molar-refractivity contribution in [1.82, 2.24) is 0 Å². The van der Waals surface area contributed by atoms with E-state index in [1.807, 2.05) is 19.9 Å². The van der Waals surface area contributed by atoms with Gasteiger partial charge in [0, 0.05) is 24.3 Å². The normalized spacial score (nSPS) is 12.9. The molecular weight excluding hydrogens is 488 g/mol. The second-order valence-electron chi connectivity index (χ2n) is 8.01. The maximum absolute atomic E-state index is 12.6. The highest BCUT2D eigenvalue weighted by Crippen LogP contribution is 2.39. The molecule has 1 N–H and O–H groups in total. The molecule has 1 aromatic carbocycles. The van der Waals surface area contributed by atoms with Crippen molar-refractivity contribution >= 4 is 72.5 Å². The molecule has 0 aliphatic heterocycles. The smallest absolute Gasteiger partial charge is 0.339 e. The van der Waals surface area contributed by atoms with E-state index in [0.717, 1.165) is 14.3 Å². The average Bonchev–Trinajstić information content (AvgIpc) is 3.19. The van der Waals surface area contributed by atoms with E-state index in [0.29, 0.717) is 22.0 Å².